The average molecular weight is 711 g/mol. The Hall–Kier alpha value is -5.20. The number of thiocarbonyl (C=S) groups is 2. The van der Waals surface area contributed by atoms with E-state index >= 15 is 0 Å². The highest BCUT2D eigenvalue weighted by Gasteiger charge is 2.35. The van der Waals surface area contributed by atoms with E-state index in [1.54, 1.807) is 0 Å². The number of unbranched alkanes of at least 4 members (excludes halogenated alkanes) is 1. The van der Waals surface area contributed by atoms with E-state index in [1.165, 1.54) is 14.2 Å². The quantitative estimate of drug-likeness (QED) is 0.0811. The van der Waals surface area contributed by atoms with Crippen molar-refractivity contribution in [2.24, 2.45) is 0 Å². The Morgan fingerprint density at radius 1 is 0.620 bits per heavy atom. The maximum Gasteiger partial charge on any atom is 0.337 e. The predicted octanol–water partition coefficient (Wildman–Crippen LogP) is 6.16. The number of nitrogens with one attached hydrogen (secondary N) is 4. The fraction of sp³-hybridized carbons (Fsp3) is 0.263. The molecule has 2 heterocycles. The molecule has 10 nitrogen and oxygen atoms in total. The zero-order valence-corrected chi connectivity index (χ0v) is 29.8. The summed E-state index contributed by atoms with van der Waals surface area (Å²) in [6.07, 6.45) is 1.38. The van der Waals surface area contributed by atoms with Crippen LogP contribution in [-0.4, -0.2) is 49.6 Å². The summed E-state index contributed by atoms with van der Waals surface area (Å²) in [5.41, 5.74) is 3.74. The van der Waals surface area contributed by atoms with Gasteiger partial charge < -0.3 is 40.2 Å². The first-order chi connectivity index (χ1) is 24.2. The van der Waals surface area contributed by atoms with E-state index in [9.17, 15) is 9.59 Å². The second-order valence-electron chi connectivity index (χ2n) is 11.9. The Bertz CT molecular complexity index is 1930. The lowest BCUT2D eigenvalue weighted by Crippen LogP contribution is -2.45. The van der Waals surface area contributed by atoms with Crippen LogP contribution in [0.25, 0.3) is 21.5 Å². The van der Waals surface area contributed by atoms with Gasteiger partial charge in [-0.05, 0) is 84.8 Å². The summed E-state index contributed by atoms with van der Waals surface area (Å²) in [5, 5.41) is 17.3. The summed E-state index contributed by atoms with van der Waals surface area (Å²) in [5.74, 6) is 0.376. The minimum atomic E-state index is -0.573. The van der Waals surface area contributed by atoms with Crippen LogP contribution in [0.2, 0.25) is 0 Å². The van der Waals surface area contributed by atoms with Crippen LogP contribution in [0.15, 0.2) is 95.3 Å². The molecule has 6 rings (SSSR count). The Morgan fingerprint density at radius 3 is 1.42 bits per heavy atom. The lowest BCUT2D eigenvalue weighted by molar-refractivity contribution is -0.137. The van der Waals surface area contributed by atoms with Crippen LogP contribution in [0.1, 0.15) is 49.9 Å². The number of fused-ring (bicyclic) bond motifs is 2. The monoisotopic (exact) mass is 710 g/mol. The van der Waals surface area contributed by atoms with Crippen LogP contribution in [0, 0.1) is 0 Å². The van der Waals surface area contributed by atoms with Gasteiger partial charge >= 0.3 is 11.9 Å². The third-order valence-electron chi connectivity index (χ3n) is 8.84. The van der Waals surface area contributed by atoms with Gasteiger partial charge in [0.2, 0.25) is 0 Å². The number of allylic oxidation sites excluding steroid dienone is 2. The maximum absolute atomic E-state index is 13.0. The minimum Gasteiger partial charge on any atom is -0.493 e. The average Bonchev–Trinajstić information content (AvgIpc) is 3.11. The van der Waals surface area contributed by atoms with Crippen molar-refractivity contribution in [2.75, 3.05) is 27.4 Å². The van der Waals surface area contributed by atoms with Crippen molar-refractivity contribution in [1.82, 2.24) is 21.3 Å². The Kier molecular flexibility index (Phi) is 10.5. The SMILES string of the molecule is COC(=O)C1=C(C)NC(=S)NC1c1c(OCCCCOc2ccc3ccccc3c2C2NC(=S)NC(C)=C2C(=O)OC)ccc2ccccc12. The third kappa shape index (κ3) is 6.94. The van der Waals surface area contributed by atoms with Crippen molar-refractivity contribution < 1.29 is 28.5 Å². The van der Waals surface area contributed by atoms with Gasteiger partial charge in [-0.3, -0.25) is 0 Å². The first-order valence-corrected chi connectivity index (χ1v) is 17.1. The summed E-state index contributed by atoms with van der Waals surface area (Å²) in [6.45, 7) is 4.43. The number of carbonyl (C=O) groups excluding carboxylic acids is 2. The number of esters is 2. The molecule has 258 valence electrons. The molecule has 0 aliphatic carbocycles. The Labute approximate surface area is 301 Å². The van der Waals surface area contributed by atoms with Crippen LogP contribution < -0.4 is 30.7 Å². The topological polar surface area (TPSA) is 119 Å². The molecule has 0 spiro atoms. The van der Waals surface area contributed by atoms with Gasteiger partial charge in [0, 0.05) is 22.5 Å². The molecule has 0 saturated carbocycles. The summed E-state index contributed by atoms with van der Waals surface area (Å²) in [4.78, 5) is 25.9. The molecule has 0 amide bonds. The molecule has 2 unspecified atom stereocenters. The molecule has 2 aliphatic rings. The van der Waals surface area contributed by atoms with E-state index in [0.29, 0.717) is 70.3 Å². The second-order valence-corrected chi connectivity index (χ2v) is 12.7. The molecule has 0 radical (unpaired) electrons. The van der Waals surface area contributed by atoms with Crippen LogP contribution in [-0.2, 0) is 19.1 Å². The van der Waals surface area contributed by atoms with Crippen LogP contribution >= 0.6 is 24.4 Å². The van der Waals surface area contributed by atoms with Crippen molar-refractivity contribution in [3.05, 3.63) is 106 Å². The molecule has 0 saturated heterocycles. The smallest absolute Gasteiger partial charge is 0.337 e. The molecule has 12 heteroatoms. The van der Waals surface area contributed by atoms with Crippen molar-refractivity contribution >= 4 is 68.1 Å². The second kappa shape index (κ2) is 15.1. The van der Waals surface area contributed by atoms with E-state index in [-0.39, 0.29) is 0 Å². The summed E-state index contributed by atoms with van der Waals surface area (Å²) in [7, 11) is 2.73. The number of carbonyl (C=O) groups is 2. The molecule has 4 aromatic carbocycles. The minimum absolute atomic E-state index is 0.406. The van der Waals surface area contributed by atoms with Gasteiger partial charge in [-0.1, -0.05) is 60.7 Å². The molecule has 50 heavy (non-hydrogen) atoms. The zero-order valence-electron chi connectivity index (χ0n) is 28.2. The Morgan fingerprint density at radius 2 is 1.02 bits per heavy atom. The van der Waals surface area contributed by atoms with E-state index in [4.69, 9.17) is 43.4 Å². The standard InChI is InChI=1S/C38H38N4O6S2/c1-21-29(35(43)45-3)33(41-37(49)39-21)31-25-13-7-5-11-23(25)15-17-27(31)47-19-9-10-20-48-28-18-16-24-12-6-8-14-26(24)32(28)34-30(36(44)46-4)22(2)40-38(50)42-34/h5-8,11-18,33-34H,9-10,19-20H2,1-4H3,(H2,39,41,49)(H2,40,42,50). The molecule has 0 bridgehead atoms. The predicted molar refractivity (Wildman–Crippen MR) is 201 cm³/mol. The van der Waals surface area contributed by atoms with Gasteiger partial charge in [-0.25, -0.2) is 9.59 Å². The number of ether oxygens (including phenoxy) is 4. The van der Waals surface area contributed by atoms with Crippen LogP contribution in [0.4, 0.5) is 0 Å². The van der Waals surface area contributed by atoms with E-state index in [2.05, 4.69) is 21.3 Å². The van der Waals surface area contributed by atoms with E-state index < -0.39 is 24.0 Å². The maximum atomic E-state index is 13.0. The molecule has 4 N–H and O–H groups in total. The van der Waals surface area contributed by atoms with Gasteiger partial charge in [0.15, 0.2) is 10.2 Å². The van der Waals surface area contributed by atoms with Crippen molar-refractivity contribution in [3.8, 4) is 11.5 Å². The largest absolute Gasteiger partial charge is 0.493 e. The van der Waals surface area contributed by atoms with Gasteiger partial charge in [-0.2, -0.15) is 0 Å². The lowest BCUT2D eigenvalue weighted by Gasteiger charge is -2.31. The molecular formula is C38H38N4O6S2. The highest BCUT2D eigenvalue weighted by Crippen LogP contribution is 2.40. The molecule has 0 aromatic heterocycles. The summed E-state index contributed by atoms with van der Waals surface area (Å²) in [6, 6.07) is 22.6. The summed E-state index contributed by atoms with van der Waals surface area (Å²) < 4.78 is 23.1. The van der Waals surface area contributed by atoms with Crippen molar-refractivity contribution in [2.45, 2.75) is 38.8 Å². The number of hydrogen-bond donors (Lipinski definition) is 4. The van der Waals surface area contributed by atoms with E-state index in [0.717, 1.165) is 32.7 Å². The Balaban J connectivity index is 1.21. The fourth-order valence-corrected chi connectivity index (χ4v) is 7.09. The van der Waals surface area contributed by atoms with Crippen LogP contribution in [0.5, 0.6) is 11.5 Å². The van der Waals surface area contributed by atoms with Crippen LogP contribution in [0.3, 0.4) is 0 Å². The lowest BCUT2D eigenvalue weighted by atomic mass is 9.90. The fourth-order valence-electron chi connectivity index (χ4n) is 6.55. The first kappa shape index (κ1) is 34.7. The molecule has 0 fully saturated rings. The number of rotatable bonds is 11. The zero-order chi connectivity index (χ0) is 35.4. The van der Waals surface area contributed by atoms with Gasteiger partial charge in [0.05, 0.1) is 50.7 Å². The van der Waals surface area contributed by atoms with Gasteiger partial charge in [0.1, 0.15) is 11.5 Å². The third-order valence-corrected chi connectivity index (χ3v) is 9.28. The van der Waals surface area contributed by atoms with Gasteiger partial charge in [0.25, 0.3) is 0 Å². The molecule has 2 atom stereocenters. The first-order valence-electron chi connectivity index (χ1n) is 16.2. The highest BCUT2D eigenvalue weighted by molar-refractivity contribution is 7.80. The molecule has 2 aliphatic heterocycles. The molecule has 4 aromatic rings. The highest BCUT2D eigenvalue weighted by atomic mass is 32.1. The van der Waals surface area contributed by atoms with Gasteiger partial charge in [-0.15, -0.1) is 0 Å². The van der Waals surface area contributed by atoms with Crippen molar-refractivity contribution in [3.63, 3.8) is 0 Å². The molecular weight excluding hydrogens is 673 g/mol. The number of hydrogen-bond acceptors (Lipinski definition) is 8. The van der Waals surface area contributed by atoms with Crippen molar-refractivity contribution in [1.29, 1.82) is 0 Å². The summed E-state index contributed by atoms with van der Waals surface area (Å²) >= 11 is 11.0. The number of benzene rings is 4. The van der Waals surface area contributed by atoms with E-state index in [1.807, 2.05) is 86.6 Å². The normalized spacial score (nSPS) is 17.4. The number of methoxy groups -OCH3 is 2.